The van der Waals surface area contributed by atoms with Crippen molar-refractivity contribution < 1.29 is 18.7 Å². The van der Waals surface area contributed by atoms with Crippen LogP contribution in [0.25, 0.3) is 0 Å². The van der Waals surface area contributed by atoms with Crippen LogP contribution in [-0.4, -0.2) is 30.1 Å². The van der Waals surface area contributed by atoms with E-state index in [1.165, 1.54) is 24.4 Å². The molecule has 0 unspecified atom stereocenters. The topological polar surface area (TPSA) is 144 Å². The van der Waals surface area contributed by atoms with Crippen LogP contribution < -0.4 is 32.4 Å². The van der Waals surface area contributed by atoms with E-state index < -0.39 is 23.8 Å². The van der Waals surface area contributed by atoms with Gasteiger partial charge in [-0.15, -0.1) is 5.92 Å². The van der Waals surface area contributed by atoms with Gasteiger partial charge in [0.25, 0.3) is 5.91 Å². The molecule has 0 saturated heterocycles. The second kappa shape index (κ2) is 13.0. The molecule has 0 radical (unpaired) electrons. The number of carbonyl (C=O) groups excluding carboxylic acids is 2. The van der Waals surface area contributed by atoms with Crippen LogP contribution in [0.3, 0.4) is 0 Å². The third-order valence-electron chi connectivity index (χ3n) is 4.77. The number of anilines is 1. The second-order valence-electron chi connectivity index (χ2n) is 7.25. The summed E-state index contributed by atoms with van der Waals surface area (Å²) in [5, 5.41) is 5.28. The lowest BCUT2D eigenvalue weighted by atomic mass is 9.99. The van der Waals surface area contributed by atoms with E-state index in [4.69, 9.17) is 16.3 Å². The minimum absolute atomic E-state index is 0.205. The van der Waals surface area contributed by atoms with Crippen LogP contribution in [0.1, 0.15) is 53.8 Å². The highest BCUT2D eigenvalue weighted by atomic mass is 19.1. The number of hydrogen-bond acceptors (Lipinski definition) is 6. The fraction of sp³-hybridized carbons (Fsp3) is 0.348. The smallest absolute Gasteiger partial charge is 0.312 e. The highest BCUT2D eigenvalue weighted by Crippen LogP contribution is 2.26. The number of hydrazine groups is 1. The zero-order chi connectivity index (χ0) is 24.2. The second-order valence-corrected chi connectivity index (χ2v) is 7.25. The van der Waals surface area contributed by atoms with Crippen molar-refractivity contribution in [1.29, 1.82) is 0 Å². The van der Waals surface area contributed by atoms with Crippen LogP contribution in [0.5, 0.6) is 5.75 Å². The lowest BCUT2D eigenvalue weighted by Crippen LogP contribution is -2.34. The average molecular weight is 457 g/mol. The van der Waals surface area contributed by atoms with Gasteiger partial charge in [0.2, 0.25) is 0 Å². The van der Waals surface area contributed by atoms with Gasteiger partial charge in [-0.3, -0.25) is 16.1 Å². The molecule has 33 heavy (non-hydrogen) atoms. The molecule has 0 aliphatic heterocycles. The van der Waals surface area contributed by atoms with Crippen molar-refractivity contribution in [3.05, 3.63) is 53.1 Å². The van der Waals surface area contributed by atoms with Crippen molar-refractivity contribution in [2.24, 2.45) is 11.6 Å². The molecule has 0 saturated carbocycles. The van der Waals surface area contributed by atoms with E-state index >= 15 is 0 Å². The summed E-state index contributed by atoms with van der Waals surface area (Å²) in [6, 6.07) is 4.42. The van der Waals surface area contributed by atoms with Crippen molar-refractivity contribution in [2.75, 3.05) is 18.5 Å². The molecule has 0 aliphatic carbocycles. The predicted molar refractivity (Wildman–Crippen MR) is 124 cm³/mol. The standard InChI is InChI=1S/C23H29FN6O3/c1-3-4-11-33-17-12-15(2)21(27-14-17)22(31)29-16-8-9-19(24)18(13-16)20(30-23(25)32)7-5-6-10-28-26/h8-9,12-14,20,28H,5-7,10-11,26H2,1-2H3,(H,29,31)(H3,25,30,32)/t20-/m1/s1. The fourth-order valence-electron chi connectivity index (χ4n) is 3.19. The van der Waals surface area contributed by atoms with E-state index in [0.717, 1.165) is 6.42 Å². The number of nitrogens with zero attached hydrogens (tertiary/aromatic N) is 1. The number of carbonyl (C=O) groups is 2. The highest BCUT2D eigenvalue weighted by Gasteiger charge is 2.19. The Bertz CT molecular complexity index is 1030. The van der Waals surface area contributed by atoms with E-state index in [1.54, 1.807) is 19.9 Å². The van der Waals surface area contributed by atoms with Crippen LogP contribution in [-0.2, 0) is 0 Å². The maximum Gasteiger partial charge on any atom is 0.312 e. The van der Waals surface area contributed by atoms with E-state index in [9.17, 15) is 14.0 Å². The third-order valence-corrected chi connectivity index (χ3v) is 4.77. The predicted octanol–water partition coefficient (Wildman–Crippen LogP) is 2.53. The van der Waals surface area contributed by atoms with Gasteiger partial charge < -0.3 is 21.1 Å². The number of urea groups is 1. The van der Waals surface area contributed by atoms with Crippen molar-refractivity contribution in [2.45, 2.75) is 39.2 Å². The summed E-state index contributed by atoms with van der Waals surface area (Å²) in [4.78, 5) is 28.4. The van der Waals surface area contributed by atoms with Crippen LogP contribution in [0.15, 0.2) is 30.5 Å². The zero-order valence-electron chi connectivity index (χ0n) is 18.7. The summed E-state index contributed by atoms with van der Waals surface area (Å²) in [7, 11) is 0. The molecule has 0 aliphatic rings. The molecule has 0 spiro atoms. The SMILES string of the molecule is CC#CCOc1cnc(C(=O)Nc2ccc(F)c([C@@H](CCCCNN)NC(N)=O)c2)c(C)c1. The van der Waals surface area contributed by atoms with Gasteiger partial charge >= 0.3 is 6.03 Å². The van der Waals surface area contributed by atoms with Gasteiger partial charge in [0, 0.05) is 17.8 Å². The fourth-order valence-corrected chi connectivity index (χ4v) is 3.19. The molecule has 10 heteroatoms. The Morgan fingerprint density at radius 1 is 1.27 bits per heavy atom. The maximum atomic E-state index is 14.6. The van der Waals surface area contributed by atoms with Gasteiger partial charge in [0.15, 0.2) is 0 Å². The van der Waals surface area contributed by atoms with Crippen LogP contribution in [0.2, 0.25) is 0 Å². The zero-order valence-corrected chi connectivity index (χ0v) is 18.7. The molecule has 3 amide bonds. The molecule has 2 aromatic rings. The monoisotopic (exact) mass is 456 g/mol. The van der Waals surface area contributed by atoms with Crippen LogP contribution in [0.4, 0.5) is 14.9 Å². The number of hydrogen-bond donors (Lipinski definition) is 5. The number of nitrogens with two attached hydrogens (primary N) is 2. The number of benzene rings is 1. The van der Waals surface area contributed by atoms with Gasteiger partial charge in [-0.25, -0.2) is 14.2 Å². The Kier molecular flexibility index (Phi) is 10.1. The first-order valence-corrected chi connectivity index (χ1v) is 10.4. The third kappa shape index (κ3) is 8.07. The van der Waals surface area contributed by atoms with Crippen molar-refractivity contribution in [1.82, 2.24) is 15.7 Å². The van der Waals surface area contributed by atoms with Gasteiger partial charge in [-0.1, -0.05) is 5.92 Å². The number of primary amides is 1. The van der Waals surface area contributed by atoms with Crippen LogP contribution >= 0.6 is 0 Å². The maximum absolute atomic E-state index is 14.6. The molecule has 7 N–H and O–H groups in total. The van der Waals surface area contributed by atoms with E-state index in [2.05, 4.69) is 32.9 Å². The molecule has 1 heterocycles. The lowest BCUT2D eigenvalue weighted by molar-refractivity contribution is 0.102. The molecule has 0 fully saturated rings. The highest BCUT2D eigenvalue weighted by molar-refractivity contribution is 6.03. The minimum Gasteiger partial charge on any atom is -0.479 e. The van der Waals surface area contributed by atoms with E-state index in [0.29, 0.717) is 36.4 Å². The summed E-state index contributed by atoms with van der Waals surface area (Å²) in [5.74, 6) is 10.3. The summed E-state index contributed by atoms with van der Waals surface area (Å²) in [6.45, 7) is 4.26. The molecule has 176 valence electrons. The minimum atomic E-state index is -0.766. The molecule has 1 aromatic heterocycles. The van der Waals surface area contributed by atoms with Crippen LogP contribution in [0, 0.1) is 24.6 Å². The quantitative estimate of drug-likeness (QED) is 0.152. The molecule has 0 bridgehead atoms. The summed E-state index contributed by atoms with van der Waals surface area (Å²) in [5.41, 5.74) is 9.21. The van der Waals surface area contributed by atoms with Gasteiger partial charge in [0.05, 0.1) is 12.2 Å². The number of aromatic nitrogens is 1. The Labute approximate surface area is 192 Å². The van der Waals surface area contributed by atoms with Gasteiger partial charge in [-0.2, -0.15) is 0 Å². The summed E-state index contributed by atoms with van der Waals surface area (Å²) in [6.07, 6.45) is 3.30. The summed E-state index contributed by atoms with van der Waals surface area (Å²) >= 11 is 0. The van der Waals surface area contributed by atoms with E-state index in [-0.39, 0.29) is 17.9 Å². The average Bonchev–Trinajstić information content (AvgIpc) is 2.77. The van der Waals surface area contributed by atoms with Crippen molar-refractivity contribution >= 4 is 17.6 Å². The Hall–Kier alpha value is -3.68. The number of aryl methyl sites for hydroxylation is 1. The lowest BCUT2D eigenvalue weighted by Gasteiger charge is -2.20. The molecule has 9 nitrogen and oxygen atoms in total. The summed E-state index contributed by atoms with van der Waals surface area (Å²) < 4.78 is 20.0. The van der Waals surface area contributed by atoms with Crippen molar-refractivity contribution in [3.8, 4) is 17.6 Å². The van der Waals surface area contributed by atoms with Gasteiger partial charge in [0.1, 0.15) is 23.9 Å². The number of nitrogens with one attached hydrogen (secondary N) is 3. The molecule has 1 atom stereocenters. The largest absolute Gasteiger partial charge is 0.479 e. The number of rotatable bonds is 11. The first-order valence-electron chi connectivity index (χ1n) is 10.4. The molecular weight excluding hydrogens is 427 g/mol. The Balaban J connectivity index is 2.17. The number of unbranched alkanes of at least 4 members (excludes halogenated alkanes) is 1. The molecule has 2 rings (SSSR count). The first-order chi connectivity index (χ1) is 15.8. The first kappa shape index (κ1) is 25.6. The van der Waals surface area contributed by atoms with Gasteiger partial charge in [-0.05, 0) is 62.9 Å². The Morgan fingerprint density at radius 2 is 2.06 bits per heavy atom. The molecular formula is C23H29FN6O3. The van der Waals surface area contributed by atoms with Crippen molar-refractivity contribution in [3.63, 3.8) is 0 Å². The number of amides is 3. The Morgan fingerprint density at radius 3 is 2.73 bits per heavy atom. The number of halogens is 1. The normalized spacial score (nSPS) is 11.2. The van der Waals surface area contributed by atoms with E-state index in [1.807, 2.05) is 0 Å². The molecule has 1 aromatic carbocycles. The number of pyridine rings is 1. The number of ether oxygens (including phenoxy) is 1.